The monoisotopic (exact) mass is 184 g/mol. The van der Waals surface area contributed by atoms with Crippen molar-refractivity contribution >= 4 is 37.0 Å². The summed E-state index contributed by atoms with van der Waals surface area (Å²) in [5.74, 6) is 0. The Bertz CT molecular complexity index is 364. The van der Waals surface area contributed by atoms with Gasteiger partial charge in [0.15, 0.2) is 0 Å². The number of benzene rings is 1. The Labute approximate surface area is 84.0 Å². The molecule has 0 unspecified atom stereocenters. The third kappa shape index (κ3) is 1.55. The summed E-state index contributed by atoms with van der Waals surface area (Å²) >= 11 is 0. The molecule has 0 atom stereocenters. The van der Waals surface area contributed by atoms with Gasteiger partial charge in [0.1, 0.15) is 0 Å². The molecule has 0 amide bonds. The fraction of sp³-hybridized carbons (Fsp3) is 0. The lowest BCUT2D eigenvalue weighted by Gasteiger charge is -2.07. The quantitative estimate of drug-likeness (QED) is 0.638. The lowest BCUT2D eigenvalue weighted by molar-refractivity contribution is 1.44. The van der Waals surface area contributed by atoms with E-state index < -0.39 is 0 Å². The van der Waals surface area contributed by atoms with Crippen molar-refractivity contribution in [2.24, 2.45) is 9.98 Å². The Morgan fingerprint density at radius 3 is 1.43 bits per heavy atom. The molecule has 1 aromatic rings. The average Bonchev–Trinajstić information content (AvgIpc) is 2.26. The average molecular weight is 184 g/mol. The lowest BCUT2D eigenvalue weighted by atomic mass is 10.1. The second kappa shape index (κ2) is 4.33. The summed E-state index contributed by atoms with van der Waals surface area (Å²) in [7, 11) is 0. The summed E-state index contributed by atoms with van der Waals surface area (Å²) in [6.07, 6.45) is 3.43. The van der Waals surface area contributed by atoms with Crippen molar-refractivity contribution in [2.45, 2.75) is 0 Å². The maximum Gasteiger partial charge on any atom is 0.0956 e. The van der Waals surface area contributed by atoms with Crippen LogP contribution in [0.5, 0.6) is 0 Å². The third-order valence-electron chi connectivity index (χ3n) is 1.97. The zero-order valence-electron chi connectivity index (χ0n) is 8.03. The van der Waals surface area contributed by atoms with E-state index in [0.29, 0.717) is 11.4 Å². The van der Waals surface area contributed by atoms with Gasteiger partial charge in [0.05, 0.1) is 11.4 Å². The molecule has 70 valence electrons. The van der Waals surface area contributed by atoms with Gasteiger partial charge < -0.3 is 0 Å². The van der Waals surface area contributed by atoms with Crippen molar-refractivity contribution in [3.05, 3.63) is 36.4 Å². The molecular formula is C12H12N2. The van der Waals surface area contributed by atoms with Gasteiger partial charge in [0, 0.05) is 11.1 Å². The minimum atomic E-state index is 0.701. The van der Waals surface area contributed by atoms with E-state index in [1.54, 1.807) is 12.2 Å². The molecule has 0 radical (unpaired) electrons. The van der Waals surface area contributed by atoms with Gasteiger partial charge in [-0.15, -0.1) is 0 Å². The second-order valence-corrected chi connectivity index (χ2v) is 2.67. The predicted octanol–water partition coefficient (Wildman–Crippen LogP) is 3.64. The van der Waals surface area contributed by atoms with Crippen molar-refractivity contribution in [1.29, 1.82) is 0 Å². The normalized spacial score (nSPS) is 9.14. The smallest absolute Gasteiger partial charge is 0.0956 e. The van der Waals surface area contributed by atoms with Crippen molar-refractivity contribution in [1.82, 2.24) is 0 Å². The molecule has 0 aliphatic rings. The number of nitrogens with zero attached hydrogens (tertiary/aromatic N) is 2. The lowest BCUT2D eigenvalue weighted by Crippen LogP contribution is -1.80. The van der Waals surface area contributed by atoms with Crippen LogP contribution in [0, 0.1) is 0 Å². The molecule has 0 saturated heterocycles. The molecule has 2 heteroatoms. The van der Waals surface area contributed by atoms with Crippen LogP contribution in [0.4, 0.5) is 11.4 Å². The molecule has 1 aromatic carbocycles. The molecule has 0 aliphatic carbocycles. The predicted molar refractivity (Wildman–Crippen MR) is 65.0 cm³/mol. The van der Waals surface area contributed by atoms with Crippen LogP contribution in [-0.4, -0.2) is 13.4 Å². The highest BCUT2D eigenvalue weighted by molar-refractivity contribution is 5.83. The summed E-state index contributed by atoms with van der Waals surface area (Å²) in [4.78, 5) is 7.84. The van der Waals surface area contributed by atoms with Crippen molar-refractivity contribution in [3.63, 3.8) is 0 Å². The standard InChI is InChI=1S/C12H12N2/c1-5-9-7-8-10(6-2)12(14-4)11(9)13-3/h5-8H,1-4H2. The Morgan fingerprint density at radius 2 is 1.21 bits per heavy atom. The van der Waals surface area contributed by atoms with Gasteiger partial charge in [-0.05, 0) is 13.4 Å². The number of hydrogen-bond acceptors (Lipinski definition) is 2. The van der Waals surface area contributed by atoms with E-state index in [-0.39, 0.29) is 0 Å². The Kier molecular flexibility index (Phi) is 3.13. The number of rotatable bonds is 4. The Morgan fingerprint density at radius 1 is 0.857 bits per heavy atom. The van der Waals surface area contributed by atoms with Gasteiger partial charge in [0.25, 0.3) is 0 Å². The van der Waals surface area contributed by atoms with E-state index >= 15 is 0 Å². The molecular weight excluding hydrogens is 172 g/mol. The van der Waals surface area contributed by atoms with Gasteiger partial charge in [-0.3, -0.25) is 9.98 Å². The first-order valence-electron chi connectivity index (χ1n) is 4.13. The second-order valence-electron chi connectivity index (χ2n) is 2.67. The highest BCUT2D eigenvalue weighted by Crippen LogP contribution is 2.35. The number of hydrogen-bond donors (Lipinski definition) is 0. The fourth-order valence-corrected chi connectivity index (χ4v) is 1.27. The zero-order valence-corrected chi connectivity index (χ0v) is 8.03. The van der Waals surface area contributed by atoms with Gasteiger partial charge in [-0.1, -0.05) is 37.4 Å². The molecule has 0 N–H and O–H groups in total. The van der Waals surface area contributed by atoms with Crippen LogP contribution in [0.3, 0.4) is 0 Å². The van der Waals surface area contributed by atoms with Crippen LogP contribution in [0.25, 0.3) is 12.2 Å². The summed E-state index contributed by atoms with van der Waals surface area (Å²) in [6.45, 7) is 14.4. The minimum Gasteiger partial charge on any atom is -0.262 e. The van der Waals surface area contributed by atoms with Gasteiger partial charge in [0.2, 0.25) is 0 Å². The van der Waals surface area contributed by atoms with E-state index in [1.165, 1.54) is 0 Å². The third-order valence-corrected chi connectivity index (χ3v) is 1.97. The van der Waals surface area contributed by atoms with Crippen LogP contribution in [0.1, 0.15) is 11.1 Å². The molecule has 1 rings (SSSR count). The molecule has 2 nitrogen and oxygen atoms in total. The Balaban J connectivity index is 3.58. The van der Waals surface area contributed by atoms with E-state index in [0.717, 1.165) is 11.1 Å². The topological polar surface area (TPSA) is 24.7 Å². The first kappa shape index (κ1) is 10.1. The molecule has 0 aliphatic heterocycles. The maximum atomic E-state index is 3.92. The van der Waals surface area contributed by atoms with Gasteiger partial charge >= 0.3 is 0 Å². The largest absolute Gasteiger partial charge is 0.262 e. The first-order chi connectivity index (χ1) is 6.78. The SMILES string of the molecule is C=Cc1ccc(C=C)c(N=C)c1N=C. The van der Waals surface area contributed by atoms with Crippen LogP contribution in [0.15, 0.2) is 35.3 Å². The van der Waals surface area contributed by atoms with Crippen LogP contribution in [-0.2, 0) is 0 Å². The molecule has 0 bridgehead atoms. The van der Waals surface area contributed by atoms with Crippen LogP contribution >= 0.6 is 0 Å². The molecule has 0 spiro atoms. The summed E-state index contributed by atoms with van der Waals surface area (Å²) < 4.78 is 0. The fourth-order valence-electron chi connectivity index (χ4n) is 1.27. The molecule has 0 fully saturated rings. The van der Waals surface area contributed by atoms with Gasteiger partial charge in [-0.25, -0.2) is 0 Å². The highest BCUT2D eigenvalue weighted by Gasteiger charge is 2.06. The van der Waals surface area contributed by atoms with Crippen molar-refractivity contribution in [2.75, 3.05) is 0 Å². The highest BCUT2D eigenvalue weighted by atomic mass is 14.8. The summed E-state index contributed by atoms with van der Waals surface area (Å²) in [6, 6.07) is 3.81. The summed E-state index contributed by atoms with van der Waals surface area (Å²) in [5.41, 5.74) is 3.20. The summed E-state index contributed by atoms with van der Waals surface area (Å²) in [5, 5.41) is 0. The van der Waals surface area contributed by atoms with E-state index in [9.17, 15) is 0 Å². The zero-order chi connectivity index (χ0) is 10.6. The van der Waals surface area contributed by atoms with E-state index in [1.807, 2.05) is 12.1 Å². The molecule has 0 saturated carbocycles. The van der Waals surface area contributed by atoms with Crippen molar-refractivity contribution in [3.8, 4) is 0 Å². The van der Waals surface area contributed by atoms with Crippen LogP contribution in [0.2, 0.25) is 0 Å². The maximum absolute atomic E-state index is 3.92. The molecule has 0 heterocycles. The minimum absolute atomic E-state index is 0.701. The van der Waals surface area contributed by atoms with E-state index in [4.69, 9.17) is 0 Å². The van der Waals surface area contributed by atoms with E-state index in [2.05, 4.69) is 36.6 Å². The molecule has 0 aromatic heterocycles. The van der Waals surface area contributed by atoms with Crippen LogP contribution < -0.4 is 0 Å². The first-order valence-corrected chi connectivity index (χ1v) is 4.13. The van der Waals surface area contributed by atoms with Gasteiger partial charge in [-0.2, -0.15) is 0 Å². The molecule has 14 heavy (non-hydrogen) atoms. The van der Waals surface area contributed by atoms with Crippen molar-refractivity contribution < 1.29 is 0 Å². The Hall–Kier alpha value is -1.96. The number of aliphatic imine (C=N–C) groups is 2.